The summed E-state index contributed by atoms with van der Waals surface area (Å²) in [4.78, 5) is 38.2. The normalized spacial score (nSPS) is 11.2. The number of aromatic nitrogens is 4. The number of nitrogen functional groups attached to an aromatic ring is 1. The Morgan fingerprint density at radius 2 is 1.90 bits per heavy atom. The highest BCUT2D eigenvalue weighted by atomic mass is 35.5. The second-order valence-corrected chi connectivity index (χ2v) is 7.26. The highest BCUT2D eigenvalue weighted by Gasteiger charge is 2.21. The summed E-state index contributed by atoms with van der Waals surface area (Å²) in [5.41, 5.74) is 6.36. The van der Waals surface area contributed by atoms with Crippen molar-refractivity contribution in [2.45, 2.75) is 45.8 Å². The van der Waals surface area contributed by atoms with Crippen molar-refractivity contribution in [3.05, 3.63) is 56.7 Å². The van der Waals surface area contributed by atoms with E-state index >= 15 is 0 Å². The molecule has 3 aromatic rings. The lowest BCUT2D eigenvalue weighted by molar-refractivity contribution is -0.119. The first-order valence-corrected chi connectivity index (χ1v) is 10.1. The van der Waals surface area contributed by atoms with Gasteiger partial charge in [-0.25, -0.2) is 9.48 Å². The van der Waals surface area contributed by atoms with Crippen LogP contribution in [-0.2, 0) is 24.4 Å². The number of halogens is 1. The molecule has 154 valence electrons. The summed E-state index contributed by atoms with van der Waals surface area (Å²) in [5.74, 6) is 0.396. The lowest BCUT2D eigenvalue weighted by Gasteiger charge is -2.10. The second kappa shape index (κ2) is 9.09. The Morgan fingerprint density at radius 3 is 2.55 bits per heavy atom. The first kappa shape index (κ1) is 20.9. The summed E-state index contributed by atoms with van der Waals surface area (Å²) in [6, 6.07) is 9.43. The predicted octanol–water partition coefficient (Wildman–Crippen LogP) is 1.99. The van der Waals surface area contributed by atoms with Gasteiger partial charge in [-0.2, -0.15) is 5.10 Å². The molecule has 0 fully saturated rings. The number of nitrogens with zero attached hydrogens (tertiary/aromatic N) is 4. The summed E-state index contributed by atoms with van der Waals surface area (Å²) in [5, 5.41) is 4.53. The zero-order valence-electron chi connectivity index (χ0n) is 16.3. The first-order chi connectivity index (χ1) is 14.0. The molecule has 2 N–H and O–H groups in total. The van der Waals surface area contributed by atoms with Gasteiger partial charge in [0, 0.05) is 18.8 Å². The van der Waals surface area contributed by atoms with Crippen molar-refractivity contribution in [2.75, 3.05) is 11.6 Å². The standard InChI is InChI=1S/C20H24ClN5O3/c1-2-11-24-19(28)16-17(22)26(13-15(27)9-6-10-21)23-18(16)25(20(24)29)12-14-7-4-3-5-8-14/h3-5,7-8H,2,6,9-13,22H2,1H3. The lowest BCUT2D eigenvalue weighted by Crippen LogP contribution is -2.40. The number of anilines is 1. The second-order valence-electron chi connectivity index (χ2n) is 6.88. The molecular weight excluding hydrogens is 394 g/mol. The van der Waals surface area contributed by atoms with Gasteiger partial charge in [-0.1, -0.05) is 37.3 Å². The van der Waals surface area contributed by atoms with E-state index in [1.54, 1.807) is 0 Å². The summed E-state index contributed by atoms with van der Waals surface area (Å²) in [6.45, 7) is 2.35. The molecule has 1 aromatic carbocycles. The Hall–Kier alpha value is -2.87. The molecular formula is C20H24ClN5O3. The summed E-state index contributed by atoms with van der Waals surface area (Å²) < 4.78 is 3.93. The van der Waals surface area contributed by atoms with E-state index in [-0.39, 0.29) is 42.3 Å². The molecule has 0 spiro atoms. The number of rotatable bonds is 9. The fourth-order valence-corrected chi connectivity index (χ4v) is 3.41. The minimum absolute atomic E-state index is 0.0653. The Labute approximate surface area is 172 Å². The molecule has 0 saturated heterocycles. The summed E-state index contributed by atoms with van der Waals surface area (Å²) in [6.07, 6.45) is 1.48. The van der Waals surface area contributed by atoms with Gasteiger partial charge in [0.05, 0.1) is 6.54 Å². The Kier molecular flexibility index (Phi) is 6.53. The molecule has 2 heterocycles. The predicted molar refractivity (Wildman–Crippen MR) is 113 cm³/mol. The molecule has 9 heteroatoms. The number of fused-ring (bicyclic) bond motifs is 1. The fraction of sp³-hybridized carbons (Fsp3) is 0.400. The van der Waals surface area contributed by atoms with Crippen LogP contribution in [0, 0.1) is 0 Å². The van der Waals surface area contributed by atoms with Gasteiger partial charge in [0.25, 0.3) is 5.56 Å². The van der Waals surface area contributed by atoms with Crippen molar-refractivity contribution in [3.8, 4) is 0 Å². The van der Waals surface area contributed by atoms with E-state index in [1.807, 2.05) is 37.3 Å². The number of carbonyl (C=O) groups excluding carboxylic acids is 1. The van der Waals surface area contributed by atoms with Gasteiger partial charge >= 0.3 is 5.69 Å². The van der Waals surface area contributed by atoms with Crippen molar-refractivity contribution >= 4 is 34.2 Å². The monoisotopic (exact) mass is 417 g/mol. The number of Topliss-reactive ketones (excluding diaryl/α,β-unsaturated/α-hetero) is 1. The first-order valence-electron chi connectivity index (χ1n) is 9.59. The third kappa shape index (κ3) is 4.27. The maximum absolute atomic E-state index is 13.0. The molecule has 0 aliphatic rings. The van der Waals surface area contributed by atoms with E-state index in [2.05, 4.69) is 5.10 Å². The van der Waals surface area contributed by atoms with Crippen molar-refractivity contribution < 1.29 is 4.79 Å². The maximum atomic E-state index is 13.0. The van der Waals surface area contributed by atoms with Gasteiger partial charge in [0.2, 0.25) is 0 Å². The number of carbonyl (C=O) groups is 1. The average molecular weight is 418 g/mol. The van der Waals surface area contributed by atoms with Crippen LogP contribution in [0.15, 0.2) is 39.9 Å². The van der Waals surface area contributed by atoms with Gasteiger partial charge in [-0.15, -0.1) is 11.6 Å². The molecule has 3 rings (SSSR count). The topological polar surface area (TPSA) is 105 Å². The molecule has 0 radical (unpaired) electrons. The van der Waals surface area contributed by atoms with Gasteiger partial charge in [-0.05, 0) is 18.4 Å². The third-order valence-corrected chi connectivity index (χ3v) is 4.96. The van der Waals surface area contributed by atoms with Crippen LogP contribution >= 0.6 is 11.6 Å². The maximum Gasteiger partial charge on any atom is 0.333 e. The molecule has 0 aliphatic carbocycles. The van der Waals surface area contributed by atoms with Crippen LogP contribution in [0.25, 0.3) is 11.0 Å². The Bertz CT molecular complexity index is 1130. The SMILES string of the molecule is CCCn1c(=O)c2c(N)n(CC(=O)CCCCl)nc2n(Cc2ccccc2)c1=O. The minimum Gasteiger partial charge on any atom is -0.383 e. The van der Waals surface area contributed by atoms with Crippen molar-refractivity contribution in [1.82, 2.24) is 18.9 Å². The van der Waals surface area contributed by atoms with Gasteiger partial charge in [-0.3, -0.25) is 18.7 Å². The molecule has 8 nitrogen and oxygen atoms in total. The highest BCUT2D eigenvalue weighted by molar-refractivity contribution is 6.17. The number of nitrogens with two attached hydrogens (primary N) is 1. The number of hydrogen-bond donors (Lipinski definition) is 1. The molecule has 0 amide bonds. The van der Waals surface area contributed by atoms with E-state index < -0.39 is 11.2 Å². The smallest absolute Gasteiger partial charge is 0.333 e. The van der Waals surface area contributed by atoms with E-state index in [1.165, 1.54) is 13.8 Å². The van der Waals surface area contributed by atoms with Crippen LogP contribution in [0.1, 0.15) is 31.7 Å². The third-order valence-electron chi connectivity index (χ3n) is 4.70. The number of ketones is 1. The zero-order chi connectivity index (χ0) is 21.0. The van der Waals surface area contributed by atoms with Crippen LogP contribution < -0.4 is 17.0 Å². The minimum atomic E-state index is -0.479. The quantitative estimate of drug-likeness (QED) is 0.536. The summed E-state index contributed by atoms with van der Waals surface area (Å²) in [7, 11) is 0. The highest BCUT2D eigenvalue weighted by Crippen LogP contribution is 2.17. The molecule has 29 heavy (non-hydrogen) atoms. The van der Waals surface area contributed by atoms with Gasteiger partial charge in [0.1, 0.15) is 17.7 Å². The van der Waals surface area contributed by atoms with Crippen molar-refractivity contribution in [3.63, 3.8) is 0 Å². The fourth-order valence-electron chi connectivity index (χ4n) is 3.27. The molecule has 0 atom stereocenters. The number of benzene rings is 1. The van der Waals surface area contributed by atoms with E-state index in [4.69, 9.17) is 17.3 Å². The molecule has 0 aliphatic heterocycles. The Balaban J connectivity index is 2.17. The summed E-state index contributed by atoms with van der Waals surface area (Å²) >= 11 is 5.65. The van der Waals surface area contributed by atoms with Crippen LogP contribution in [-0.4, -0.2) is 30.6 Å². The largest absolute Gasteiger partial charge is 0.383 e. The molecule has 0 bridgehead atoms. The van der Waals surface area contributed by atoms with Crippen LogP contribution in [0.2, 0.25) is 0 Å². The van der Waals surface area contributed by atoms with E-state index in [0.717, 1.165) is 5.56 Å². The molecule has 0 unspecified atom stereocenters. The Morgan fingerprint density at radius 1 is 1.17 bits per heavy atom. The van der Waals surface area contributed by atoms with Crippen molar-refractivity contribution in [1.29, 1.82) is 0 Å². The van der Waals surface area contributed by atoms with Crippen LogP contribution in [0.3, 0.4) is 0 Å². The van der Waals surface area contributed by atoms with Gasteiger partial charge < -0.3 is 5.73 Å². The number of hydrogen-bond acceptors (Lipinski definition) is 5. The zero-order valence-corrected chi connectivity index (χ0v) is 17.1. The average Bonchev–Trinajstić information content (AvgIpc) is 3.03. The van der Waals surface area contributed by atoms with E-state index in [0.29, 0.717) is 25.1 Å². The number of alkyl halides is 1. The van der Waals surface area contributed by atoms with Crippen LogP contribution in [0.4, 0.5) is 5.82 Å². The van der Waals surface area contributed by atoms with Gasteiger partial charge in [0.15, 0.2) is 11.4 Å². The van der Waals surface area contributed by atoms with Crippen LogP contribution in [0.5, 0.6) is 0 Å². The molecule has 2 aromatic heterocycles. The van der Waals surface area contributed by atoms with Crippen molar-refractivity contribution in [2.24, 2.45) is 0 Å². The van der Waals surface area contributed by atoms with E-state index in [9.17, 15) is 14.4 Å². The lowest BCUT2D eigenvalue weighted by atomic mass is 10.2. The molecule has 0 saturated carbocycles.